The Kier molecular flexibility index (Phi) is 4.47. The zero-order valence-corrected chi connectivity index (χ0v) is 11.5. The number of nitro groups is 2. The maximum atomic E-state index is 11.2. The van der Waals surface area contributed by atoms with Crippen molar-refractivity contribution in [2.45, 2.75) is 6.42 Å². The molecule has 0 radical (unpaired) electrons. The Morgan fingerprint density at radius 1 is 1.05 bits per heavy atom. The van der Waals surface area contributed by atoms with E-state index >= 15 is 0 Å². The molecule has 0 bridgehead atoms. The molecule has 0 aromatic heterocycles. The van der Waals surface area contributed by atoms with Gasteiger partial charge in [-0.1, -0.05) is 24.3 Å². The maximum Gasteiger partial charge on any atom is 0.353 e. The molecule has 0 aliphatic heterocycles. The largest absolute Gasteiger partial charge is 0.457 e. The van der Waals surface area contributed by atoms with Crippen LogP contribution < -0.4 is 4.74 Å². The molecule has 0 atom stereocenters. The van der Waals surface area contributed by atoms with E-state index in [2.05, 4.69) is 6.58 Å². The van der Waals surface area contributed by atoms with Crippen molar-refractivity contribution < 1.29 is 14.6 Å². The first kappa shape index (κ1) is 15.2. The summed E-state index contributed by atoms with van der Waals surface area (Å²) in [6.45, 7) is 3.53. The monoisotopic (exact) mass is 300 g/mol. The van der Waals surface area contributed by atoms with E-state index in [9.17, 15) is 20.2 Å². The van der Waals surface area contributed by atoms with E-state index in [4.69, 9.17) is 4.74 Å². The molecule has 0 heterocycles. The standard InChI is InChI=1S/C15H12N2O5/c1-2-6-12-14(22-11-7-4-3-5-8-11)10-9-13(16(18)19)15(12)17(20)21/h2-5,7-10H,1,6H2. The summed E-state index contributed by atoms with van der Waals surface area (Å²) >= 11 is 0. The molecule has 22 heavy (non-hydrogen) atoms. The molecule has 2 aromatic carbocycles. The SMILES string of the molecule is C=CCc1c(Oc2ccccc2)ccc([N+](=O)[O-])c1[N+](=O)[O-]. The molecule has 7 nitrogen and oxygen atoms in total. The Hall–Kier alpha value is -3.22. The number of rotatable bonds is 6. The Morgan fingerprint density at radius 2 is 1.73 bits per heavy atom. The molecular formula is C15H12N2O5. The third kappa shape index (κ3) is 3.09. The van der Waals surface area contributed by atoms with Crippen LogP contribution in [0, 0.1) is 20.2 Å². The maximum absolute atomic E-state index is 11.2. The zero-order valence-electron chi connectivity index (χ0n) is 11.5. The van der Waals surface area contributed by atoms with Gasteiger partial charge in [-0.2, -0.15) is 0 Å². The van der Waals surface area contributed by atoms with Crippen LogP contribution in [0.2, 0.25) is 0 Å². The van der Waals surface area contributed by atoms with Crippen LogP contribution in [0.25, 0.3) is 0 Å². The normalized spacial score (nSPS) is 10.0. The summed E-state index contributed by atoms with van der Waals surface area (Å²) in [7, 11) is 0. The van der Waals surface area contributed by atoms with Crippen molar-refractivity contribution in [2.24, 2.45) is 0 Å². The van der Waals surface area contributed by atoms with Crippen LogP contribution in [0.4, 0.5) is 11.4 Å². The van der Waals surface area contributed by atoms with Crippen molar-refractivity contribution in [3.63, 3.8) is 0 Å². The highest BCUT2D eigenvalue weighted by molar-refractivity contribution is 5.64. The minimum atomic E-state index is -0.781. The first-order valence-electron chi connectivity index (χ1n) is 6.33. The molecule has 0 fully saturated rings. The van der Waals surface area contributed by atoms with Gasteiger partial charge in [0.15, 0.2) is 0 Å². The van der Waals surface area contributed by atoms with Gasteiger partial charge in [-0.3, -0.25) is 20.2 Å². The van der Waals surface area contributed by atoms with Crippen LogP contribution in [-0.2, 0) is 6.42 Å². The Morgan fingerprint density at radius 3 is 2.27 bits per heavy atom. The van der Waals surface area contributed by atoms with Crippen LogP contribution in [0.1, 0.15) is 5.56 Å². The number of nitro benzene ring substituents is 2. The molecule has 0 saturated carbocycles. The number of hydrogen-bond donors (Lipinski definition) is 0. The second-order valence-corrected chi connectivity index (χ2v) is 4.33. The molecule has 0 N–H and O–H groups in total. The second kappa shape index (κ2) is 6.49. The lowest BCUT2D eigenvalue weighted by atomic mass is 10.1. The van der Waals surface area contributed by atoms with Gasteiger partial charge in [0, 0.05) is 12.5 Å². The van der Waals surface area contributed by atoms with Gasteiger partial charge in [0.1, 0.15) is 11.5 Å². The molecule has 7 heteroatoms. The fourth-order valence-electron chi connectivity index (χ4n) is 2.01. The quantitative estimate of drug-likeness (QED) is 0.456. The van der Waals surface area contributed by atoms with Crippen LogP contribution in [-0.4, -0.2) is 9.85 Å². The van der Waals surface area contributed by atoms with Gasteiger partial charge in [0.2, 0.25) is 0 Å². The summed E-state index contributed by atoms with van der Waals surface area (Å²) in [6, 6.07) is 11.1. The zero-order chi connectivity index (χ0) is 16.1. The summed E-state index contributed by atoms with van der Waals surface area (Å²) in [6.07, 6.45) is 1.52. The lowest BCUT2D eigenvalue weighted by Gasteiger charge is -2.10. The highest BCUT2D eigenvalue weighted by Gasteiger charge is 2.30. The molecule has 2 aromatic rings. The van der Waals surface area contributed by atoms with E-state index in [1.165, 1.54) is 12.1 Å². The highest BCUT2D eigenvalue weighted by atomic mass is 16.6. The third-order valence-corrected chi connectivity index (χ3v) is 2.92. The van der Waals surface area contributed by atoms with Crippen molar-refractivity contribution in [2.75, 3.05) is 0 Å². The van der Waals surface area contributed by atoms with E-state index in [1.807, 2.05) is 0 Å². The Bertz CT molecular complexity index is 728. The van der Waals surface area contributed by atoms with Gasteiger partial charge < -0.3 is 4.74 Å². The number of nitrogens with zero attached hydrogens (tertiary/aromatic N) is 2. The van der Waals surface area contributed by atoms with Crippen LogP contribution in [0.3, 0.4) is 0 Å². The molecule has 0 aliphatic carbocycles. The smallest absolute Gasteiger partial charge is 0.353 e. The topological polar surface area (TPSA) is 95.5 Å². The highest BCUT2D eigenvalue weighted by Crippen LogP contribution is 2.39. The Labute approximate surface area is 125 Å². The summed E-state index contributed by atoms with van der Waals surface area (Å²) in [4.78, 5) is 20.7. The van der Waals surface area contributed by atoms with Crippen LogP contribution in [0.15, 0.2) is 55.1 Å². The second-order valence-electron chi connectivity index (χ2n) is 4.33. The lowest BCUT2D eigenvalue weighted by molar-refractivity contribution is -0.423. The number of allylic oxidation sites excluding steroid dienone is 1. The third-order valence-electron chi connectivity index (χ3n) is 2.92. The predicted molar refractivity (Wildman–Crippen MR) is 80.2 cm³/mol. The van der Waals surface area contributed by atoms with Crippen molar-refractivity contribution in [3.05, 3.63) is 80.9 Å². The first-order valence-corrected chi connectivity index (χ1v) is 6.33. The molecule has 2 rings (SSSR count). The summed E-state index contributed by atoms with van der Waals surface area (Å²) in [5, 5.41) is 22.2. The van der Waals surface area contributed by atoms with Crippen molar-refractivity contribution >= 4 is 11.4 Å². The van der Waals surface area contributed by atoms with Gasteiger partial charge in [0.05, 0.1) is 15.4 Å². The predicted octanol–water partition coefficient (Wildman–Crippen LogP) is 4.02. The number of ether oxygens (including phenoxy) is 1. The summed E-state index contributed by atoms with van der Waals surface area (Å²) in [5.74, 6) is 0.680. The van der Waals surface area contributed by atoms with Gasteiger partial charge >= 0.3 is 11.4 Å². The van der Waals surface area contributed by atoms with Crippen molar-refractivity contribution in [1.82, 2.24) is 0 Å². The fourth-order valence-corrected chi connectivity index (χ4v) is 2.01. The average molecular weight is 300 g/mol. The molecule has 0 unspecified atom stereocenters. The minimum absolute atomic E-state index is 0.0835. The van der Waals surface area contributed by atoms with Gasteiger partial charge in [-0.05, 0) is 18.2 Å². The van der Waals surface area contributed by atoms with Gasteiger partial charge in [-0.25, -0.2) is 0 Å². The summed E-state index contributed by atoms with van der Waals surface area (Å²) < 4.78 is 5.61. The minimum Gasteiger partial charge on any atom is -0.457 e. The molecule has 0 spiro atoms. The number of benzene rings is 2. The number of hydrogen-bond acceptors (Lipinski definition) is 5. The van der Waals surface area contributed by atoms with E-state index in [0.29, 0.717) is 5.75 Å². The van der Waals surface area contributed by atoms with Gasteiger partial charge in [0.25, 0.3) is 0 Å². The molecule has 112 valence electrons. The van der Waals surface area contributed by atoms with E-state index in [-0.39, 0.29) is 17.7 Å². The van der Waals surface area contributed by atoms with E-state index in [0.717, 1.165) is 6.07 Å². The van der Waals surface area contributed by atoms with E-state index in [1.54, 1.807) is 30.3 Å². The summed E-state index contributed by atoms with van der Waals surface area (Å²) in [5.41, 5.74) is -1.02. The first-order chi connectivity index (χ1) is 10.5. The molecule has 0 amide bonds. The van der Waals surface area contributed by atoms with E-state index < -0.39 is 21.2 Å². The fraction of sp³-hybridized carbons (Fsp3) is 0.0667. The van der Waals surface area contributed by atoms with Crippen molar-refractivity contribution in [3.8, 4) is 11.5 Å². The lowest BCUT2D eigenvalue weighted by Crippen LogP contribution is -2.02. The number of para-hydroxylation sites is 1. The Balaban J connectivity index is 2.59. The van der Waals surface area contributed by atoms with Crippen LogP contribution in [0.5, 0.6) is 11.5 Å². The van der Waals surface area contributed by atoms with Crippen LogP contribution >= 0.6 is 0 Å². The molecule has 0 saturated heterocycles. The van der Waals surface area contributed by atoms with Crippen molar-refractivity contribution in [1.29, 1.82) is 0 Å². The molecule has 0 aliphatic rings. The van der Waals surface area contributed by atoms with Gasteiger partial charge in [-0.15, -0.1) is 6.58 Å². The molecular weight excluding hydrogens is 288 g/mol. The average Bonchev–Trinajstić information content (AvgIpc) is 2.49.